The number of likely N-dealkylation sites (N-methyl/N-ethyl adjacent to an activating group) is 1. The smallest absolute Gasteiger partial charge is 0.228 e. The molecule has 0 saturated heterocycles. The topological polar surface area (TPSA) is 37.6 Å². The van der Waals surface area contributed by atoms with Crippen molar-refractivity contribution in [2.24, 2.45) is 0 Å². The van der Waals surface area contributed by atoms with Crippen molar-refractivity contribution in [2.45, 2.75) is 20.3 Å². The highest BCUT2D eigenvalue weighted by atomic mass is 16.2. The Labute approximate surface area is 146 Å². The summed E-state index contributed by atoms with van der Waals surface area (Å²) in [6.45, 7) is 0.746. The fourth-order valence-electron chi connectivity index (χ4n) is 2.32. The number of carbonyl (C=O) groups is 1. The van der Waals surface area contributed by atoms with Gasteiger partial charge in [-0.15, -0.1) is 0 Å². The van der Waals surface area contributed by atoms with Crippen LogP contribution in [0.3, 0.4) is 0 Å². The summed E-state index contributed by atoms with van der Waals surface area (Å²) in [7, 11) is 1.19. The van der Waals surface area contributed by atoms with Crippen molar-refractivity contribution >= 4 is 11.6 Å². The van der Waals surface area contributed by atoms with E-state index in [-0.39, 0.29) is 47.4 Å². The second kappa shape index (κ2) is 5.88. The zero-order chi connectivity index (χ0) is 22.5. The zero-order valence-corrected chi connectivity index (χ0v) is 13.2. The van der Waals surface area contributed by atoms with Crippen LogP contribution in [0.25, 0.3) is 16.9 Å². The number of amides is 1. The maximum absolute atomic E-state index is 12.7. The van der Waals surface area contributed by atoms with Crippen LogP contribution in [-0.4, -0.2) is 34.2 Å². The fraction of sp³-hybridized carbons (Fsp3) is 0.263. The van der Waals surface area contributed by atoms with Crippen LogP contribution in [0.1, 0.15) is 26.4 Å². The number of aryl methyl sites for hydroxylation is 1. The Balaban J connectivity index is 2.30. The van der Waals surface area contributed by atoms with Crippen LogP contribution in [-0.2, 0) is 11.2 Å². The molecule has 0 aliphatic carbocycles. The summed E-state index contributed by atoms with van der Waals surface area (Å²) in [6.07, 6.45) is 1.40. The number of aromatic nitrogens is 2. The Bertz CT molecular complexity index is 1140. The molecular weight excluding hydrogens is 286 g/mol. The lowest BCUT2D eigenvalue weighted by molar-refractivity contribution is -0.128. The highest BCUT2D eigenvalue weighted by Crippen LogP contribution is 2.26. The number of benzene rings is 1. The quantitative estimate of drug-likeness (QED) is 0.744. The van der Waals surface area contributed by atoms with Crippen LogP contribution >= 0.6 is 0 Å². The second-order valence-electron chi connectivity index (χ2n) is 5.47. The number of imidazole rings is 1. The summed E-state index contributed by atoms with van der Waals surface area (Å²) < 4.78 is 57.0. The third-order valence-corrected chi connectivity index (χ3v) is 3.54. The van der Waals surface area contributed by atoms with E-state index < -0.39 is 12.9 Å². The lowest BCUT2D eigenvalue weighted by Crippen LogP contribution is -2.24. The number of fused-ring (bicyclic) bond motifs is 1. The van der Waals surface area contributed by atoms with Gasteiger partial charge in [0.05, 0.1) is 23.3 Å². The van der Waals surface area contributed by atoms with E-state index in [2.05, 4.69) is 4.98 Å². The van der Waals surface area contributed by atoms with Crippen LogP contribution in [0.2, 0.25) is 0 Å². The molecular formula is C19H21N3O. The van der Waals surface area contributed by atoms with Crippen molar-refractivity contribution in [1.82, 2.24) is 14.3 Å². The maximum atomic E-state index is 12.7. The molecule has 0 bridgehead atoms. The van der Waals surface area contributed by atoms with E-state index >= 15 is 0 Å². The van der Waals surface area contributed by atoms with Crippen LogP contribution < -0.4 is 0 Å². The van der Waals surface area contributed by atoms with Gasteiger partial charge in [-0.1, -0.05) is 35.8 Å². The molecule has 0 radical (unpaired) electrons. The largest absolute Gasteiger partial charge is 0.348 e. The molecule has 4 heteroatoms. The molecule has 0 aliphatic rings. The standard InChI is InChI=1S/C19H21N3O/c1-13-5-8-15(9-6-13)19-16(11-18(23)21(3)4)22-12-14(2)7-10-17(22)20-19/h5-10,12H,11H2,1-4H3/i3D3,5D,6D,8D,9D. The van der Waals surface area contributed by atoms with E-state index in [0.29, 0.717) is 16.2 Å². The maximum Gasteiger partial charge on any atom is 0.228 e. The summed E-state index contributed by atoms with van der Waals surface area (Å²) in [5, 5.41) is 0. The molecule has 1 aromatic carbocycles. The zero-order valence-electron chi connectivity index (χ0n) is 20.2. The molecule has 0 saturated carbocycles. The van der Waals surface area contributed by atoms with Crippen molar-refractivity contribution in [3.8, 4) is 11.3 Å². The summed E-state index contributed by atoms with van der Waals surface area (Å²) in [5.74, 6) is -0.679. The van der Waals surface area contributed by atoms with Crippen molar-refractivity contribution in [3.63, 3.8) is 0 Å². The highest BCUT2D eigenvalue weighted by molar-refractivity contribution is 5.81. The van der Waals surface area contributed by atoms with Crippen LogP contribution in [0.4, 0.5) is 0 Å². The third-order valence-electron chi connectivity index (χ3n) is 3.54. The molecule has 23 heavy (non-hydrogen) atoms. The van der Waals surface area contributed by atoms with Crippen LogP contribution in [0.5, 0.6) is 0 Å². The van der Waals surface area contributed by atoms with E-state index in [1.54, 1.807) is 16.7 Å². The van der Waals surface area contributed by atoms with Gasteiger partial charge in [-0.3, -0.25) is 4.79 Å². The minimum absolute atomic E-state index is 0.0173. The third kappa shape index (κ3) is 2.97. The number of carbonyl (C=O) groups excluding carboxylic acids is 1. The van der Waals surface area contributed by atoms with Crippen LogP contribution in [0.15, 0.2) is 42.5 Å². The molecule has 0 atom stereocenters. The predicted octanol–water partition coefficient (Wildman–Crippen LogP) is 3.25. The van der Waals surface area contributed by atoms with Gasteiger partial charge in [-0.05, 0) is 25.5 Å². The van der Waals surface area contributed by atoms with Crippen molar-refractivity contribution in [3.05, 3.63) is 59.3 Å². The molecule has 0 spiro atoms. The first-order valence-corrected chi connectivity index (χ1v) is 7.16. The van der Waals surface area contributed by atoms with Gasteiger partial charge in [0.15, 0.2) is 0 Å². The average molecular weight is 314 g/mol. The first kappa shape index (κ1) is 8.87. The van der Waals surface area contributed by atoms with Gasteiger partial charge >= 0.3 is 0 Å². The highest BCUT2D eigenvalue weighted by Gasteiger charge is 2.18. The number of rotatable bonds is 3. The molecule has 0 aliphatic heterocycles. The van der Waals surface area contributed by atoms with Gasteiger partial charge in [0, 0.05) is 29.9 Å². The second-order valence-corrected chi connectivity index (χ2v) is 5.47. The number of hydrogen-bond donors (Lipinski definition) is 0. The van der Waals surface area contributed by atoms with E-state index in [9.17, 15) is 4.79 Å². The molecule has 1 amide bonds. The normalized spacial score (nSPS) is 15.9. The molecule has 0 fully saturated rings. The number of pyridine rings is 1. The van der Waals surface area contributed by atoms with Gasteiger partial charge in [0.2, 0.25) is 5.91 Å². The van der Waals surface area contributed by atoms with Gasteiger partial charge in [-0.25, -0.2) is 4.98 Å². The van der Waals surface area contributed by atoms with E-state index in [1.165, 1.54) is 14.0 Å². The van der Waals surface area contributed by atoms with Crippen molar-refractivity contribution in [1.29, 1.82) is 0 Å². The van der Waals surface area contributed by atoms with E-state index in [4.69, 9.17) is 9.60 Å². The van der Waals surface area contributed by atoms with Gasteiger partial charge in [-0.2, -0.15) is 0 Å². The van der Waals surface area contributed by atoms with E-state index in [1.807, 2.05) is 13.0 Å². The minimum Gasteiger partial charge on any atom is -0.348 e. The lowest BCUT2D eigenvalue weighted by atomic mass is 10.1. The Morgan fingerprint density at radius 2 is 2.00 bits per heavy atom. The average Bonchev–Trinajstić information content (AvgIpc) is 3.01. The predicted molar refractivity (Wildman–Crippen MR) is 92.5 cm³/mol. The molecule has 3 aromatic rings. The lowest BCUT2D eigenvalue weighted by Gasteiger charge is -2.11. The molecule has 2 heterocycles. The Morgan fingerprint density at radius 3 is 2.70 bits per heavy atom. The molecule has 2 aromatic heterocycles. The Kier molecular flexibility index (Phi) is 2.27. The van der Waals surface area contributed by atoms with E-state index in [0.717, 1.165) is 5.56 Å². The summed E-state index contributed by atoms with van der Waals surface area (Å²) in [4.78, 5) is 17.8. The first-order valence-electron chi connectivity index (χ1n) is 10.7. The molecule has 0 unspecified atom stereocenters. The van der Waals surface area contributed by atoms with Crippen molar-refractivity contribution in [2.75, 3.05) is 14.0 Å². The first-order chi connectivity index (χ1) is 13.8. The van der Waals surface area contributed by atoms with Gasteiger partial charge < -0.3 is 9.30 Å². The summed E-state index contributed by atoms with van der Waals surface area (Å²) in [5.41, 5.74) is 1.95. The molecule has 3 rings (SSSR count). The minimum atomic E-state index is -2.61. The molecule has 4 nitrogen and oxygen atoms in total. The van der Waals surface area contributed by atoms with Gasteiger partial charge in [0.1, 0.15) is 5.65 Å². The van der Waals surface area contributed by atoms with Gasteiger partial charge in [0.25, 0.3) is 0 Å². The molecule has 0 N–H and O–H groups in total. The summed E-state index contributed by atoms with van der Waals surface area (Å²) >= 11 is 0. The van der Waals surface area contributed by atoms with Crippen LogP contribution in [0, 0.1) is 13.8 Å². The summed E-state index contributed by atoms with van der Waals surface area (Å²) in [6, 6.07) is 2.65. The molecule has 118 valence electrons. The Morgan fingerprint density at radius 1 is 1.26 bits per heavy atom. The Hall–Kier alpha value is -2.62. The number of nitrogens with zero attached hydrogens (tertiary/aromatic N) is 3. The fourth-order valence-corrected chi connectivity index (χ4v) is 2.32. The monoisotopic (exact) mass is 314 g/mol. The van der Waals surface area contributed by atoms with Crippen molar-refractivity contribution < 1.29 is 14.4 Å². The SMILES string of the molecule is [2H]c1c([2H])c(-c2nc3ccc(C)cn3c2CC(=O)N(C)C([2H])([2H])[2H])c([2H])c([2H])c1C. The number of hydrogen-bond acceptors (Lipinski definition) is 2.